The van der Waals surface area contributed by atoms with Gasteiger partial charge in [0, 0.05) is 23.1 Å². The van der Waals surface area contributed by atoms with Crippen LogP contribution in [0.15, 0.2) is 18.2 Å². The van der Waals surface area contributed by atoms with Gasteiger partial charge < -0.3 is 0 Å². The van der Waals surface area contributed by atoms with Crippen LogP contribution in [0.3, 0.4) is 0 Å². The Morgan fingerprint density at radius 2 is 1.86 bits per heavy atom. The zero-order valence-corrected chi connectivity index (χ0v) is 7.82. The fourth-order valence-electron chi connectivity index (χ4n) is 1.16. The number of carbonyl (C=O) groups is 3. The SMILES string of the molecule is CCC(=O)c1ccc(C=O)c(C=O)c1. The number of carbonyl (C=O) groups excluding carboxylic acids is 3. The van der Waals surface area contributed by atoms with Gasteiger partial charge in [-0.05, 0) is 6.07 Å². The largest absolute Gasteiger partial charge is 0.298 e. The van der Waals surface area contributed by atoms with E-state index in [-0.39, 0.29) is 11.3 Å². The molecule has 14 heavy (non-hydrogen) atoms. The van der Waals surface area contributed by atoms with Crippen molar-refractivity contribution in [1.29, 1.82) is 0 Å². The summed E-state index contributed by atoms with van der Waals surface area (Å²) < 4.78 is 0. The van der Waals surface area contributed by atoms with E-state index in [1.54, 1.807) is 13.0 Å². The van der Waals surface area contributed by atoms with Gasteiger partial charge in [0.1, 0.15) is 0 Å². The van der Waals surface area contributed by atoms with Gasteiger partial charge in [0.25, 0.3) is 0 Å². The number of hydrogen-bond donors (Lipinski definition) is 0. The van der Waals surface area contributed by atoms with Crippen molar-refractivity contribution in [3.05, 3.63) is 34.9 Å². The molecule has 0 aliphatic carbocycles. The summed E-state index contributed by atoms with van der Waals surface area (Å²) in [6.45, 7) is 1.75. The second-order valence-electron chi connectivity index (χ2n) is 2.86. The molecule has 0 bridgehead atoms. The van der Waals surface area contributed by atoms with Gasteiger partial charge >= 0.3 is 0 Å². The lowest BCUT2D eigenvalue weighted by Gasteiger charge is -2.00. The van der Waals surface area contributed by atoms with Crippen molar-refractivity contribution < 1.29 is 14.4 Å². The molecule has 1 aromatic carbocycles. The van der Waals surface area contributed by atoms with Gasteiger partial charge in [-0.2, -0.15) is 0 Å². The van der Waals surface area contributed by atoms with Gasteiger partial charge in [-0.25, -0.2) is 0 Å². The predicted octanol–water partition coefficient (Wildman–Crippen LogP) is 1.90. The Kier molecular flexibility index (Phi) is 3.29. The Hall–Kier alpha value is -1.77. The molecule has 3 nitrogen and oxygen atoms in total. The fourth-order valence-corrected chi connectivity index (χ4v) is 1.16. The van der Waals surface area contributed by atoms with E-state index in [0.29, 0.717) is 30.1 Å². The smallest absolute Gasteiger partial charge is 0.162 e. The van der Waals surface area contributed by atoms with Gasteiger partial charge in [-0.3, -0.25) is 14.4 Å². The van der Waals surface area contributed by atoms with Gasteiger partial charge in [0.2, 0.25) is 0 Å². The van der Waals surface area contributed by atoms with Gasteiger partial charge in [0.05, 0.1) is 0 Å². The highest BCUT2D eigenvalue weighted by Gasteiger charge is 2.06. The van der Waals surface area contributed by atoms with Gasteiger partial charge in [-0.1, -0.05) is 19.1 Å². The first-order chi connectivity index (χ1) is 6.72. The number of hydrogen-bond acceptors (Lipinski definition) is 3. The molecule has 0 aliphatic rings. The Labute approximate surface area is 81.7 Å². The zero-order chi connectivity index (χ0) is 10.6. The summed E-state index contributed by atoms with van der Waals surface area (Å²) in [7, 11) is 0. The Morgan fingerprint density at radius 1 is 1.21 bits per heavy atom. The molecule has 0 fully saturated rings. The highest BCUT2D eigenvalue weighted by atomic mass is 16.1. The number of Topliss-reactive ketones (excluding diaryl/α,β-unsaturated/α-hetero) is 1. The number of benzene rings is 1. The number of aldehydes is 2. The van der Waals surface area contributed by atoms with E-state index >= 15 is 0 Å². The molecule has 0 heterocycles. The highest BCUT2D eigenvalue weighted by Crippen LogP contribution is 2.10. The van der Waals surface area contributed by atoms with E-state index in [2.05, 4.69) is 0 Å². The molecule has 72 valence electrons. The zero-order valence-electron chi connectivity index (χ0n) is 7.82. The van der Waals surface area contributed by atoms with Crippen molar-refractivity contribution >= 4 is 18.4 Å². The molecule has 0 amide bonds. The summed E-state index contributed by atoms with van der Waals surface area (Å²) in [6, 6.07) is 4.49. The van der Waals surface area contributed by atoms with Crippen molar-refractivity contribution in [2.75, 3.05) is 0 Å². The third-order valence-electron chi connectivity index (χ3n) is 1.98. The summed E-state index contributed by atoms with van der Waals surface area (Å²) in [6.07, 6.45) is 1.57. The maximum absolute atomic E-state index is 11.3. The van der Waals surface area contributed by atoms with Crippen LogP contribution < -0.4 is 0 Å². The van der Waals surface area contributed by atoms with E-state index in [1.807, 2.05) is 0 Å². The van der Waals surface area contributed by atoms with E-state index in [0.717, 1.165) is 0 Å². The molecule has 0 saturated heterocycles. The first-order valence-electron chi connectivity index (χ1n) is 4.30. The van der Waals surface area contributed by atoms with Crippen molar-refractivity contribution in [2.45, 2.75) is 13.3 Å². The Balaban J connectivity index is 3.20. The molecule has 0 unspecified atom stereocenters. The fraction of sp³-hybridized carbons (Fsp3) is 0.182. The molecule has 0 atom stereocenters. The van der Waals surface area contributed by atoms with Crippen LogP contribution in [0.2, 0.25) is 0 Å². The first kappa shape index (κ1) is 10.3. The molecule has 1 rings (SSSR count). The Morgan fingerprint density at radius 3 is 2.36 bits per heavy atom. The number of ketones is 1. The third kappa shape index (κ3) is 1.93. The van der Waals surface area contributed by atoms with Crippen LogP contribution in [0.5, 0.6) is 0 Å². The third-order valence-corrected chi connectivity index (χ3v) is 1.98. The van der Waals surface area contributed by atoms with Crippen LogP contribution in [0.25, 0.3) is 0 Å². The Bertz CT molecular complexity index is 380. The molecule has 0 aromatic heterocycles. The topological polar surface area (TPSA) is 51.2 Å². The molecular formula is C11H10O3. The van der Waals surface area contributed by atoms with Crippen LogP contribution in [0, 0.1) is 0 Å². The lowest BCUT2D eigenvalue weighted by molar-refractivity contribution is 0.0987. The van der Waals surface area contributed by atoms with Crippen LogP contribution >= 0.6 is 0 Å². The molecule has 0 radical (unpaired) electrons. The van der Waals surface area contributed by atoms with Crippen LogP contribution in [0.4, 0.5) is 0 Å². The van der Waals surface area contributed by atoms with E-state index in [1.165, 1.54) is 12.1 Å². The second kappa shape index (κ2) is 4.46. The first-order valence-corrected chi connectivity index (χ1v) is 4.30. The maximum atomic E-state index is 11.3. The van der Waals surface area contributed by atoms with E-state index in [9.17, 15) is 14.4 Å². The van der Waals surface area contributed by atoms with E-state index in [4.69, 9.17) is 0 Å². The summed E-state index contributed by atoms with van der Waals surface area (Å²) in [5.41, 5.74) is 1.05. The summed E-state index contributed by atoms with van der Waals surface area (Å²) in [5.74, 6) is -0.0365. The van der Waals surface area contributed by atoms with Crippen molar-refractivity contribution in [3.63, 3.8) is 0 Å². The van der Waals surface area contributed by atoms with Crippen molar-refractivity contribution in [1.82, 2.24) is 0 Å². The normalized spacial score (nSPS) is 9.50. The summed E-state index contributed by atoms with van der Waals surface area (Å²) >= 11 is 0. The average Bonchev–Trinajstić information content (AvgIpc) is 2.26. The quantitative estimate of drug-likeness (QED) is 0.538. The minimum atomic E-state index is -0.0365. The minimum absolute atomic E-state index is 0.0365. The monoisotopic (exact) mass is 190 g/mol. The second-order valence-corrected chi connectivity index (χ2v) is 2.86. The molecule has 0 aliphatic heterocycles. The molecular weight excluding hydrogens is 180 g/mol. The molecule has 0 saturated carbocycles. The van der Waals surface area contributed by atoms with Gasteiger partial charge in [0.15, 0.2) is 18.4 Å². The average molecular weight is 190 g/mol. The van der Waals surface area contributed by atoms with Gasteiger partial charge in [-0.15, -0.1) is 0 Å². The molecule has 0 N–H and O–H groups in total. The van der Waals surface area contributed by atoms with E-state index < -0.39 is 0 Å². The molecule has 0 spiro atoms. The lowest BCUT2D eigenvalue weighted by atomic mass is 10.0. The number of rotatable bonds is 4. The molecule has 1 aromatic rings. The van der Waals surface area contributed by atoms with Crippen molar-refractivity contribution in [2.24, 2.45) is 0 Å². The van der Waals surface area contributed by atoms with Crippen LogP contribution in [0.1, 0.15) is 44.4 Å². The summed E-state index contributed by atoms with van der Waals surface area (Å²) in [5, 5.41) is 0. The van der Waals surface area contributed by atoms with Crippen LogP contribution in [-0.2, 0) is 0 Å². The predicted molar refractivity (Wildman–Crippen MR) is 51.8 cm³/mol. The molecule has 3 heteroatoms. The summed E-state index contributed by atoms with van der Waals surface area (Å²) in [4.78, 5) is 32.3. The van der Waals surface area contributed by atoms with Crippen molar-refractivity contribution in [3.8, 4) is 0 Å². The lowest BCUT2D eigenvalue weighted by Crippen LogP contribution is -2.00. The highest BCUT2D eigenvalue weighted by molar-refractivity contribution is 5.99. The standard InChI is InChI=1S/C11H10O3/c1-2-11(14)8-3-4-9(6-12)10(5-8)7-13/h3-7H,2H2,1H3. The van der Waals surface area contributed by atoms with Crippen LogP contribution in [-0.4, -0.2) is 18.4 Å². The minimum Gasteiger partial charge on any atom is -0.298 e. The maximum Gasteiger partial charge on any atom is 0.162 e.